The maximum atomic E-state index is 11.4. The van der Waals surface area contributed by atoms with Crippen molar-refractivity contribution in [1.82, 2.24) is 9.80 Å². The average molecular weight is 235 g/mol. The number of fused-ring (bicyclic) bond motifs is 1. The molecule has 1 unspecified atom stereocenters. The van der Waals surface area contributed by atoms with Gasteiger partial charge in [0.1, 0.15) is 5.84 Å². The highest BCUT2D eigenvalue weighted by atomic mass is 16.2. The van der Waals surface area contributed by atoms with Gasteiger partial charge in [-0.2, -0.15) is 0 Å². The van der Waals surface area contributed by atoms with Gasteiger partial charge < -0.3 is 9.80 Å². The van der Waals surface area contributed by atoms with Gasteiger partial charge in [-0.15, -0.1) is 0 Å². The lowest BCUT2D eigenvalue weighted by atomic mass is 10.0. The Kier molecular flexibility index (Phi) is 2.98. The standard InChI is InChI=1S/C13H21N3O/c1-8-9(2)14-10(3)16-7-12(6-13(8)16)15(5)11(4)17/h9,12H,6-7H2,1-5H3/t9-,12?/m0/s1. The van der Waals surface area contributed by atoms with Gasteiger partial charge in [0.2, 0.25) is 5.91 Å². The zero-order chi connectivity index (χ0) is 12.7. The molecule has 2 rings (SSSR count). The second-order valence-corrected chi connectivity index (χ2v) is 5.08. The first-order valence-electron chi connectivity index (χ1n) is 6.16. The molecule has 0 aliphatic carbocycles. The Bertz CT molecular complexity index is 411. The molecule has 2 heterocycles. The summed E-state index contributed by atoms with van der Waals surface area (Å²) >= 11 is 0. The number of carbonyl (C=O) groups excluding carboxylic acids is 1. The monoisotopic (exact) mass is 235 g/mol. The van der Waals surface area contributed by atoms with Crippen LogP contribution in [0, 0.1) is 0 Å². The Morgan fingerprint density at radius 3 is 2.71 bits per heavy atom. The lowest BCUT2D eigenvalue weighted by Crippen LogP contribution is -2.39. The number of rotatable bonds is 1. The van der Waals surface area contributed by atoms with E-state index in [1.54, 1.807) is 6.92 Å². The van der Waals surface area contributed by atoms with Crippen molar-refractivity contribution in [3.05, 3.63) is 11.3 Å². The summed E-state index contributed by atoms with van der Waals surface area (Å²) in [5.41, 5.74) is 2.71. The van der Waals surface area contributed by atoms with Gasteiger partial charge in [-0.25, -0.2) is 0 Å². The number of likely N-dealkylation sites (N-methyl/N-ethyl adjacent to an activating group) is 1. The van der Waals surface area contributed by atoms with E-state index in [4.69, 9.17) is 0 Å². The molecule has 0 aromatic carbocycles. The Balaban J connectivity index is 2.25. The smallest absolute Gasteiger partial charge is 0.219 e. The van der Waals surface area contributed by atoms with Crippen LogP contribution in [0.15, 0.2) is 16.3 Å². The molecular formula is C13H21N3O. The van der Waals surface area contributed by atoms with Gasteiger partial charge in [-0.1, -0.05) is 0 Å². The van der Waals surface area contributed by atoms with Crippen molar-refractivity contribution in [2.24, 2.45) is 4.99 Å². The largest absolute Gasteiger partial charge is 0.341 e. The number of nitrogens with zero attached hydrogens (tertiary/aromatic N) is 3. The molecule has 2 aliphatic heterocycles. The molecule has 1 fully saturated rings. The molecule has 0 N–H and O–H groups in total. The summed E-state index contributed by atoms with van der Waals surface area (Å²) in [7, 11) is 1.89. The minimum atomic E-state index is 0.135. The molecule has 94 valence electrons. The van der Waals surface area contributed by atoms with Crippen LogP contribution < -0.4 is 0 Å². The fourth-order valence-electron chi connectivity index (χ4n) is 2.62. The van der Waals surface area contributed by atoms with E-state index in [0.717, 1.165) is 18.8 Å². The van der Waals surface area contributed by atoms with E-state index < -0.39 is 0 Å². The van der Waals surface area contributed by atoms with E-state index in [1.165, 1.54) is 11.3 Å². The molecule has 1 saturated heterocycles. The topological polar surface area (TPSA) is 35.9 Å². The van der Waals surface area contributed by atoms with E-state index in [0.29, 0.717) is 0 Å². The lowest BCUT2D eigenvalue weighted by Gasteiger charge is -2.29. The van der Waals surface area contributed by atoms with Crippen molar-refractivity contribution in [2.45, 2.75) is 46.2 Å². The quantitative estimate of drug-likeness (QED) is 0.692. The molecule has 0 bridgehead atoms. The summed E-state index contributed by atoms with van der Waals surface area (Å²) in [6, 6.07) is 0.565. The van der Waals surface area contributed by atoms with Crippen LogP contribution in [0.1, 0.15) is 34.1 Å². The molecule has 0 aromatic heterocycles. The van der Waals surface area contributed by atoms with Crippen molar-refractivity contribution in [3.8, 4) is 0 Å². The number of aliphatic imine (C=N–C) groups is 1. The van der Waals surface area contributed by atoms with Gasteiger partial charge in [0, 0.05) is 32.6 Å². The average Bonchev–Trinajstić information content (AvgIpc) is 2.70. The molecule has 4 heteroatoms. The van der Waals surface area contributed by atoms with Crippen LogP contribution in [0.5, 0.6) is 0 Å². The Morgan fingerprint density at radius 1 is 1.47 bits per heavy atom. The van der Waals surface area contributed by atoms with E-state index >= 15 is 0 Å². The van der Waals surface area contributed by atoms with E-state index in [-0.39, 0.29) is 18.0 Å². The van der Waals surface area contributed by atoms with Crippen LogP contribution in [-0.2, 0) is 4.79 Å². The highest BCUT2D eigenvalue weighted by molar-refractivity contribution is 5.84. The summed E-state index contributed by atoms with van der Waals surface area (Å²) in [6.07, 6.45) is 0.957. The number of amidine groups is 1. The molecule has 17 heavy (non-hydrogen) atoms. The summed E-state index contributed by atoms with van der Waals surface area (Å²) in [6.45, 7) is 8.84. The van der Waals surface area contributed by atoms with Crippen LogP contribution >= 0.6 is 0 Å². The van der Waals surface area contributed by atoms with Crippen LogP contribution in [0.3, 0.4) is 0 Å². The van der Waals surface area contributed by atoms with Crippen molar-refractivity contribution in [2.75, 3.05) is 13.6 Å². The molecule has 1 amide bonds. The van der Waals surface area contributed by atoms with Crippen LogP contribution in [0.25, 0.3) is 0 Å². The first-order chi connectivity index (χ1) is 7.91. The first kappa shape index (κ1) is 12.1. The Morgan fingerprint density at radius 2 is 2.12 bits per heavy atom. The molecule has 2 aliphatic rings. The minimum Gasteiger partial charge on any atom is -0.341 e. The van der Waals surface area contributed by atoms with Gasteiger partial charge >= 0.3 is 0 Å². The molecule has 4 nitrogen and oxygen atoms in total. The highest BCUT2D eigenvalue weighted by Gasteiger charge is 2.35. The lowest BCUT2D eigenvalue weighted by molar-refractivity contribution is -0.129. The molecule has 0 aromatic rings. The van der Waals surface area contributed by atoms with Crippen LogP contribution in [-0.4, -0.2) is 47.2 Å². The normalized spacial score (nSPS) is 28.1. The van der Waals surface area contributed by atoms with Crippen molar-refractivity contribution in [3.63, 3.8) is 0 Å². The fraction of sp³-hybridized carbons (Fsp3) is 0.692. The highest BCUT2D eigenvalue weighted by Crippen LogP contribution is 2.32. The number of hydrogen-bond donors (Lipinski definition) is 0. The van der Waals surface area contributed by atoms with Gasteiger partial charge in [0.15, 0.2) is 0 Å². The zero-order valence-corrected chi connectivity index (χ0v) is 11.3. The van der Waals surface area contributed by atoms with Crippen LogP contribution in [0.2, 0.25) is 0 Å². The second-order valence-electron chi connectivity index (χ2n) is 5.08. The van der Waals surface area contributed by atoms with Crippen molar-refractivity contribution in [1.29, 1.82) is 0 Å². The third-order valence-electron chi connectivity index (χ3n) is 4.05. The maximum absolute atomic E-state index is 11.4. The first-order valence-corrected chi connectivity index (χ1v) is 6.16. The summed E-state index contributed by atoms with van der Waals surface area (Å²) in [5.74, 6) is 1.22. The third-order valence-corrected chi connectivity index (χ3v) is 4.05. The van der Waals surface area contributed by atoms with Gasteiger partial charge in [0.25, 0.3) is 0 Å². The minimum absolute atomic E-state index is 0.135. The van der Waals surface area contributed by atoms with E-state index in [2.05, 4.69) is 30.7 Å². The summed E-state index contributed by atoms with van der Waals surface area (Å²) < 4.78 is 0. The number of hydrogen-bond acceptors (Lipinski definition) is 3. The molecule has 0 saturated carbocycles. The van der Waals surface area contributed by atoms with Gasteiger partial charge in [-0.3, -0.25) is 9.79 Å². The summed E-state index contributed by atoms with van der Waals surface area (Å²) in [5, 5.41) is 0. The molecule has 0 spiro atoms. The van der Waals surface area contributed by atoms with Crippen molar-refractivity contribution >= 4 is 11.7 Å². The van der Waals surface area contributed by atoms with Gasteiger partial charge in [0.05, 0.1) is 12.1 Å². The Hall–Kier alpha value is -1.32. The van der Waals surface area contributed by atoms with Gasteiger partial charge in [-0.05, 0) is 26.3 Å². The zero-order valence-electron chi connectivity index (χ0n) is 11.3. The number of amides is 1. The second kappa shape index (κ2) is 4.17. The summed E-state index contributed by atoms with van der Waals surface area (Å²) in [4.78, 5) is 20.2. The Labute approximate surface area is 103 Å². The molecule has 0 radical (unpaired) electrons. The van der Waals surface area contributed by atoms with E-state index in [9.17, 15) is 4.79 Å². The van der Waals surface area contributed by atoms with Crippen molar-refractivity contribution < 1.29 is 4.79 Å². The maximum Gasteiger partial charge on any atom is 0.219 e. The predicted molar refractivity (Wildman–Crippen MR) is 68.8 cm³/mol. The van der Waals surface area contributed by atoms with Crippen LogP contribution in [0.4, 0.5) is 0 Å². The number of carbonyl (C=O) groups is 1. The molecule has 2 atom stereocenters. The van der Waals surface area contributed by atoms with E-state index in [1.807, 2.05) is 11.9 Å². The fourth-order valence-corrected chi connectivity index (χ4v) is 2.62. The predicted octanol–water partition coefficient (Wildman–Crippen LogP) is 1.63. The third kappa shape index (κ3) is 1.96. The SMILES string of the molecule is CC(=O)N(C)C1CC2=C(C)[C@H](C)N=C(C)N2C1. The molecular weight excluding hydrogens is 214 g/mol.